The highest BCUT2D eigenvalue weighted by Crippen LogP contribution is 2.35. The lowest BCUT2D eigenvalue weighted by Gasteiger charge is -2.33. The van der Waals surface area contributed by atoms with Gasteiger partial charge in [0.1, 0.15) is 12.0 Å². The molecule has 3 heterocycles. The van der Waals surface area contributed by atoms with E-state index in [-0.39, 0.29) is 28.7 Å². The Balaban J connectivity index is 1.80. The number of hydrogen-bond donors (Lipinski definition) is 1. The lowest BCUT2D eigenvalue weighted by Crippen LogP contribution is -2.43. The van der Waals surface area contributed by atoms with E-state index in [2.05, 4.69) is 10.4 Å². The molecule has 1 saturated heterocycles. The van der Waals surface area contributed by atoms with Crippen LogP contribution >= 0.6 is 0 Å². The second-order valence-electron chi connectivity index (χ2n) is 8.83. The summed E-state index contributed by atoms with van der Waals surface area (Å²) in [7, 11) is 3.12. The third-order valence-electron chi connectivity index (χ3n) is 6.33. The van der Waals surface area contributed by atoms with Gasteiger partial charge in [-0.2, -0.15) is 18.3 Å². The summed E-state index contributed by atoms with van der Waals surface area (Å²) >= 11 is 0. The normalized spacial score (nSPS) is 20.2. The zero-order valence-electron chi connectivity index (χ0n) is 19.2. The van der Waals surface area contributed by atoms with Crippen molar-refractivity contribution in [3.63, 3.8) is 0 Å². The van der Waals surface area contributed by atoms with Gasteiger partial charge in [0.25, 0.3) is 11.1 Å². The van der Waals surface area contributed by atoms with Crippen LogP contribution in [0.25, 0.3) is 10.8 Å². The zero-order valence-corrected chi connectivity index (χ0v) is 19.2. The Labute approximate surface area is 196 Å². The highest BCUT2D eigenvalue weighted by atomic mass is 19.4. The van der Waals surface area contributed by atoms with Gasteiger partial charge in [-0.15, -0.1) is 0 Å². The van der Waals surface area contributed by atoms with E-state index in [0.29, 0.717) is 19.0 Å². The summed E-state index contributed by atoms with van der Waals surface area (Å²) in [5, 5.41) is 7.19. The van der Waals surface area contributed by atoms with Crippen molar-refractivity contribution in [3.8, 4) is 0 Å². The average molecular weight is 497 g/mol. The monoisotopic (exact) mass is 497 g/mol. The number of halogens is 5. The maximum Gasteiger partial charge on any atom is 0.419 e. The summed E-state index contributed by atoms with van der Waals surface area (Å²) in [4.78, 5) is 27.3. The minimum atomic E-state index is -4.87. The second-order valence-corrected chi connectivity index (χ2v) is 8.83. The van der Waals surface area contributed by atoms with E-state index < -0.39 is 46.9 Å². The fourth-order valence-electron chi connectivity index (χ4n) is 4.45. The van der Waals surface area contributed by atoms with E-state index in [4.69, 9.17) is 0 Å². The molecule has 3 aromatic rings. The van der Waals surface area contributed by atoms with Crippen LogP contribution in [0, 0.1) is 5.82 Å². The molecule has 4 rings (SSSR count). The Hall–Kier alpha value is -3.28. The van der Waals surface area contributed by atoms with Gasteiger partial charge < -0.3 is 14.8 Å². The Kier molecular flexibility index (Phi) is 6.43. The number of likely N-dealkylation sites (tertiary alicyclic amines) is 1. The predicted octanol–water partition coefficient (Wildman–Crippen LogP) is 3.64. The van der Waals surface area contributed by atoms with Crippen LogP contribution in [0.5, 0.6) is 0 Å². The first kappa shape index (κ1) is 24.8. The molecule has 0 bridgehead atoms. The van der Waals surface area contributed by atoms with Gasteiger partial charge in [0.15, 0.2) is 5.82 Å². The minimum Gasteiger partial charge on any atom is -0.361 e. The fourth-order valence-corrected chi connectivity index (χ4v) is 4.45. The summed E-state index contributed by atoms with van der Waals surface area (Å²) in [5.74, 6) is -1.37. The summed E-state index contributed by atoms with van der Waals surface area (Å²) in [6, 6.07) is 2.34. The molecule has 0 radical (unpaired) electrons. The van der Waals surface area contributed by atoms with Crippen LogP contribution in [-0.4, -0.2) is 45.6 Å². The molecule has 188 valence electrons. The number of alkyl halides is 4. The Morgan fingerprint density at radius 1 is 1.17 bits per heavy atom. The molecule has 1 aliphatic rings. The molecule has 12 heteroatoms. The number of aromatic nitrogens is 3. The highest BCUT2D eigenvalue weighted by molar-refractivity contribution is 5.90. The molecule has 1 aliphatic heterocycles. The summed E-state index contributed by atoms with van der Waals surface area (Å²) < 4.78 is 71.2. The smallest absolute Gasteiger partial charge is 0.361 e. The van der Waals surface area contributed by atoms with E-state index in [0.717, 1.165) is 16.8 Å². The van der Waals surface area contributed by atoms with Gasteiger partial charge in [-0.05, 0) is 26.5 Å². The first-order chi connectivity index (χ1) is 16.4. The number of rotatable bonds is 4. The van der Waals surface area contributed by atoms with Gasteiger partial charge in [0.2, 0.25) is 0 Å². The fraction of sp³-hybridized carbons (Fsp3) is 0.435. The average Bonchev–Trinajstić information content (AvgIpc) is 2.76. The number of aryl methyl sites for hydroxylation is 1. The van der Waals surface area contributed by atoms with E-state index in [1.54, 1.807) is 7.05 Å². The highest BCUT2D eigenvalue weighted by Gasteiger charge is 2.35. The maximum atomic E-state index is 14.8. The number of benzene rings is 1. The summed E-state index contributed by atoms with van der Waals surface area (Å²) in [5.41, 5.74) is -2.78. The molecule has 0 aliphatic carbocycles. The quantitative estimate of drug-likeness (QED) is 0.558. The number of pyridine rings is 1. The molecular weight excluding hydrogens is 473 g/mol. The Bertz CT molecular complexity index is 1380. The number of hydrogen-bond acceptors (Lipinski definition) is 5. The molecule has 2 aromatic heterocycles. The van der Waals surface area contributed by atoms with Crippen molar-refractivity contribution in [1.29, 1.82) is 0 Å². The van der Waals surface area contributed by atoms with Gasteiger partial charge in [0, 0.05) is 43.4 Å². The van der Waals surface area contributed by atoms with Crippen LogP contribution < -0.4 is 16.4 Å². The second kappa shape index (κ2) is 9.06. The Morgan fingerprint density at radius 3 is 2.54 bits per heavy atom. The van der Waals surface area contributed by atoms with Crippen LogP contribution in [0.15, 0.2) is 40.1 Å². The maximum absolute atomic E-state index is 14.8. The number of anilines is 1. The molecule has 35 heavy (non-hydrogen) atoms. The van der Waals surface area contributed by atoms with Crippen LogP contribution in [-0.2, 0) is 13.2 Å². The molecule has 2 unspecified atom stereocenters. The molecule has 1 fully saturated rings. The predicted molar refractivity (Wildman–Crippen MR) is 121 cm³/mol. The first-order valence-electron chi connectivity index (χ1n) is 11.0. The van der Waals surface area contributed by atoms with Crippen molar-refractivity contribution >= 4 is 16.6 Å². The third-order valence-corrected chi connectivity index (χ3v) is 6.33. The van der Waals surface area contributed by atoms with Crippen molar-refractivity contribution in [3.05, 3.63) is 68.1 Å². The van der Waals surface area contributed by atoms with Crippen molar-refractivity contribution in [1.82, 2.24) is 19.2 Å². The van der Waals surface area contributed by atoms with Crippen molar-refractivity contribution in [2.45, 2.75) is 37.8 Å². The van der Waals surface area contributed by atoms with Gasteiger partial charge in [-0.25, -0.2) is 13.5 Å². The summed E-state index contributed by atoms with van der Waals surface area (Å²) in [6.07, 6.45) is -4.48. The lowest BCUT2D eigenvalue weighted by atomic mass is 10.0. The van der Waals surface area contributed by atoms with Crippen molar-refractivity contribution < 1.29 is 22.0 Å². The SMILES string of the molecule is C[C@@H](Nc1nn(C)c(=O)c2cc(=O)n(C3CCN(C)CC3F)cc12)c1cccc(C(F)(F)F)c1F. The molecule has 7 nitrogen and oxygen atoms in total. The van der Waals surface area contributed by atoms with Crippen LogP contribution in [0.4, 0.5) is 27.8 Å². The van der Waals surface area contributed by atoms with E-state index >= 15 is 0 Å². The largest absolute Gasteiger partial charge is 0.419 e. The van der Waals surface area contributed by atoms with Crippen molar-refractivity contribution in [2.24, 2.45) is 7.05 Å². The summed E-state index contributed by atoms with van der Waals surface area (Å²) in [6.45, 7) is 2.16. The first-order valence-corrected chi connectivity index (χ1v) is 11.0. The van der Waals surface area contributed by atoms with Crippen molar-refractivity contribution in [2.75, 3.05) is 25.5 Å². The van der Waals surface area contributed by atoms with Crippen LogP contribution in [0.1, 0.15) is 36.6 Å². The Morgan fingerprint density at radius 2 is 1.89 bits per heavy atom. The molecule has 0 amide bonds. The van der Waals surface area contributed by atoms with E-state index in [1.165, 1.54) is 30.8 Å². The van der Waals surface area contributed by atoms with Gasteiger partial charge in [-0.1, -0.05) is 12.1 Å². The topological polar surface area (TPSA) is 72.2 Å². The number of piperidine rings is 1. The molecule has 1 N–H and O–H groups in total. The third kappa shape index (κ3) is 4.66. The molecule has 0 spiro atoms. The van der Waals surface area contributed by atoms with Gasteiger partial charge >= 0.3 is 6.18 Å². The minimum absolute atomic E-state index is 0.00583. The molecule has 0 saturated carbocycles. The molecular formula is C23H24F5N5O2. The number of fused-ring (bicyclic) bond motifs is 1. The van der Waals surface area contributed by atoms with Crippen LogP contribution in [0.3, 0.4) is 0 Å². The molecule has 1 aromatic carbocycles. The van der Waals surface area contributed by atoms with Crippen LogP contribution in [0.2, 0.25) is 0 Å². The van der Waals surface area contributed by atoms with E-state index in [1.807, 2.05) is 4.90 Å². The zero-order chi connectivity index (χ0) is 25.7. The van der Waals surface area contributed by atoms with Gasteiger partial charge in [-0.3, -0.25) is 9.59 Å². The standard InChI is InChI=1S/C23H24F5N5O2/c1-12(13-5-4-6-16(20(13)25)23(26,27)28)29-21-15-10-33(18-7-8-31(2)11-17(18)24)19(34)9-14(15)22(35)32(3)30-21/h4-6,9-10,12,17-18H,7-8,11H2,1-3H3,(H,29,30)/t12-,17?,18?/m1/s1. The van der Waals surface area contributed by atoms with Gasteiger partial charge in [0.05, 0.1) is 23.0 Å². The molecule has 3 atom stereocenters. The lowest BCUT2D eigenvalue weighted by molar-refractivity contribution is -0.140. The number of nitrogens with zero attached hydrogens (tertiary/aromatic N) is 4. The van der Waals surface area contributed by atoms with E-state index in [9.17, 15) is 31.5 Å². The number of nitrogens with one attached hydrogen (secondary N) is 1.